The van der Waals surface area contributed by atoms with Gasteiger partial charge >= 0.3 is 5.97 Å². The van der Waals surface area contributed by atoms with E-state index in [0.29, 0.717) is 5.56 Å². The highest BCUT2D eigenvalue weighted by atomic mass is 16.4. The third-order valence-electron chi connectivity index (χ3n) is 4.01. The first kappa shape index (κ1) is 12.7. The first-order chi connectivity index (χ1) is 9.20. The van der Waals surface area contributed by atoms with Crippen molar-refractivity contribution in [2.45, 2.75) is 32.2 Å². The summed E-state index contributed by atoms with van der Waals surface area (Å²) >= 11 is 0. The third-order valence-corrected chi connectivity index (χ3v) is 4.01. The van der Waals surface area contributed by atoms with Gasteiger partial charge in [-0.1, -0.05) is 12.1 Å². The molecule has 0 aromatic heterocycles. The molecular weight excluding hydrogens is 238 g/mol. The second-order valence-corrected chi connectivity index (χ2v) is 6.09. The zero-order valence-corrected chi connectivity index (χ0v) is 11.2. The highest BCUT2D eigenvalue weighted by Gasteiger charge is 2.29. The Kier molecular flexibility index (Phi) is 3.56. The summed E-state index contributed by atoms with van der Waals surface area (Å²) in [7, 11) is 0. The minimum atomic E-state index is -0.835. The fourth-order valence-electron chi connectivity index (χ4n) is 2.60. The van der Waals surface area contributed by atoms with E-state index in [-0.39, 0.29) is 0 Å². The standard InChI is InChI=1S/C16H21NO2/c18-16(19)15-3-1-2-14(8-15)11-17(9-12-4-5-12)10-13-6-7-13/h1-3,8,12-13H,4-7,9-11H2,(H,18,19). The average Bonchev–Trinajstić information content (AvgIpc) is 3.25. The molecule has 0 saturated heterocycles. The Morgan fingerprint density at radius 2 is 1.79 bits per heavy atom. The van der Waals surface area contributed by atoms with Crippen molar-refractivity contribution in [3.05, 3.63) is 35.4 Å². The highest BCUT2D eigenvalue weighted by molar-refractivity contribution is 5.87. The number of rotatable bonds is 7. The topological polar surface area (TPSA) is 40.5 Å². The van der Waals surface area contributed by atoms with Crippen LogP contribution in [0.2, 0.25) is 0 Å². The van der Waals surface area contributed by atoms with Crippen molar-refractivity contribution in [2.24, 2.45) is 11.8 Å². The van der Waals surface area contributed by atoms with Crippen molar-refractivity contribution in [3.63, 3.8) is 0 Å². The molecule has 102 valence electrons. The second kappa shape index (κ2) is 5.33. The first-order valence-corrected chi connectivity index (χ1v) is 7.25. The molecule has 2 fully saturated rings. The summed E-state index contributed by atoms with van der Waals surface area (Å²) in [6.07, 6.45) is 5.49. The Labute approximate surface area is 114 Å². The summed E-state index contributed by atoms with van der Waals surface area (Å²) in [5.74, 6) is 0.945. The molecular formula is C16H21NO2. The van der Waals surface area contributed by atoms with E-state index in [4.69, 9.17) is 5.11 Å². The van der Waals surface area contributed by atoms with Crippen LogP contribution in [-0.4, -0.2) is 29.1 Å². The van der Waals surface area contributed by atoms with Gasteiger partial charge in [-0.3, -0.25) is 4.90 Å². The maximum atomic E-state index is 11.0. The number of hydrogen-bond acceptors (Lipinski definition) is 2. The van der Waals surface area contributed by atoms with Gasteiger partial charge in [-0.25, -0.2) is 4.79 Å². The lowest BCUT2D eigenvalue weighted by Crippen LogP contribution is -2.27. The minimum absolute atomic E-state index is 0.398. The molecule has 0 bridgehead atoms. The smallest absolute Gasteiger partial charge is 0.335 e. The van der Waals surface area contributed by atoms with Crippen LogP contribution in [-0.2, 0) is 6.54 Å². The third kappa shape index (κ3) is 3.80. The molecule has 3 rings (SSSR count). The van der Waals surface area contributed by atoms with E-state index in [9.17, 15) is 4.79 Å². The molecule has 2 aliphatic rings. The number of aromatic carboxylic acids is 1. The van der Waals surface area contributed by atoms with Crippen molar-refractivity contribution in [1.29, 1.82) is 0 Å². The van der Waals surface area contributed by atoms with Gasteiger partial charge in [-0.15, -0.1) is 0 Å². The molecule has 0 unspecified atom stereocenters. The van der Waals surface area contributed by atoms with Gasteiger partial charge in [-0.05, 0) is 55.2 Å². The van der Waals surface area contributed by atoms with E-state index in [1.165, 1.54) is 38.8 Å². The summed E-state index contributed by atoms with van der Waals surface area (Å²) in [6, 6.07) is 7.37. The number of nitrogens with zero attached hydrogens (tertiary/aromatic N) is 1. The van der Waals surface area contributed by atoms with Crippen molar-refractivity contribution in [1.82, 2.24) is 4.90 Å². The molecule has 3 nitrogen and oxygen atoms in total. The quantitative estimate of drug-likeness (QED) is 0.818. The van der Waals surface area contributed by atoms with Gasteiger partial charge in [0.1, 0.15) is 0 Å². The van der Waals surface area contributed by atoms with Crippen LogP contribution in [0.15, 0.2) is 24.3 Å². The molecule has 2 aliphatic carbocycles. The van der Waals surface area contributed by atoms with Gasteiger partial charge in [0.2, 0.25) is 0 Å². The molecule has 0 radical (unpaired) electrons. The van der Waals surface area contributed by atoms with Crippen LogP contribution in [0.5, 0.6) is 0 Å². The number of carboxylic acids is 1. The Morgan fingerprint density at radius 1 is 1.16 bits per heavy atom. The molecule has 2 saturated carbocycles. The van der Waals surface area contributed by atoms with Gasteiger partial charge in [0, 0.05) is 19.6 Å². The summed E-state index contributed by atoms with van der Waals surface area (Å²) in [5.41, 5.74) is 1.52. The zero-order valence-electron chi connectivity index (χ0n) is 11.2. The van der Waals surface area contributed by atoms with Crippen molar-refractivity contribution in [2.75, 3.05) is 13.1 Å². The van der Waals surface area contributed by atoms with Crippen LogP contribution in [0.3, 0.4) is 0 Å². The maximum absolute atomic E-state index is 11.0. The maximum Gasteiger partial charge on any atom is 0.335 e. The van der Waals surface area contributed by atoms with E-state index in [0.717, 1.165) is 23.9 Å². The van der Waals surface area contributed by atoms with E-state index < -0.39 is 5.97 Å². The Bertz CT molecular complexity index is 450. The minimum Gasteiger partial charge on any atom is -0.478 e. The summed E-state index contributed by atoms with van der Waals surface area (Å²) < 4.78 is 0. The molecule has 0 amide bonds. The van der Waals surface area contributed by atoms with E-state index in [1.807, 2.05) is 18.2 Å². The Hall–Kier alpha value is -1.35. The summed E-state index contributed by atoms with van der Waals surface area (Å²) in [4.78, 5) is 13.5. The van der Waals surface area contributed by atoms with Crippen molar-refractivity contribution < 1.29 is 9.90 Å². The number of benzene rings is 1. The van der Waals surface area contributed by atoms with Gasteiger partial charge in [0.05, 0.1) is 5.56 Å². The molecule has 19 heavy (non-hydrogen) atoms. The predicted molar refractivity (Wildman–Crippen MR) is 74.1 cm³/mol. The SMILES string of the molecule is O=C(O)c1cccc(CN(CC2CC2)CC2CC2)c1. The van der Waals surface area contributed by atoms with Gasteiger partial charge in [-0.2, -0.15) is 0 Å². The van der Waals surface area contributed by atoms with Crippen LogP contribution >= 0.6 is 0 Å². The van der Waals surface area contributed by atoms with Crippen molar-refractivity contribution >= 4 is 5.97 Å². The molecule has 3 heteroatoms. The van der Waals surface area contributed by atoms with Gasteiger partial charge < -0.3 is 5.11 Å². The molecule has 0 spiro atoms. The molecule has 0 atom stereocenters. The van der Waals surface area contributed by atoms with Gasteiger partial charge in [0.15, 0.2) is 0 Å². The van der Waals surface area contributed by atoms with E-state index >= 15 is 0 Å². The van der Waals surface area contributed by atoms with Crippen LogP contribution in [0.25, 0.3) is 0 Å². The number of carbonyl (C=O) groups is 1. The summed E-state index contributed by atoms with van der Waals surface area (Å²) in [6.45, 7) is 3.27. The normalized spacial score (nSPS) is 18.8. The van der Waals surface area contributed by atoms with E-state index in [2.05, 4.69) is 4.90 Å². The number of carboxylic acid groups (broad SMARTS) is 1. The van der Waals surface area contributed by atoms with Gasteiger partial charge in [0.25, 0.3) is 0 Å². The fraction of sp³-hybridized carbons (Fsp3) is 0.562. The van der Waals surface area contributed by atoms with Crippen LogP contribution in [0.1, 0.15) is 41.6 Å². The average molecular weight is 259 g/mol. The van der Waals surface area contributed by atoms with Crippen LogP contribution < -0.4 is 0 Å². The number of hydrogen-bond donors (Lipinski definition) is 1. The largest absolute Gasteiger partial charge is 0.478 e. The lowest BCUT2D eigenvalue weighted by Gasteiger charge is -2.22. The zero-order chi connectivity index (χ0) is 13.2. The molecule has 1 aromatic carbocycles. The Morgan fingerprint density at radius 3 is 2.32 bits per heavy atom. The fourth-order valence-corrected chi connectivity index (χ4v) is 2.60. The first-order valence-electron chi connectivity index (χ1n) is 7.25. The molecule has 1 aromatic rings. The molecule has 0 heterocycles. The predicted octanol–water partition coefficient (Wildman–Crippen LogP) is 3.01. The van der Waals surface area contributed by atoms with Crippen LogP contribution in [0, 0.1) is 11.8 Å². The lowest BCUT2D eigenvalue weighted by atomic mass is 10.1. The lowest BCUT2D eigenvalue weighted by molar-refractivity contribution is 0.0696. The second-order valence-electron chi connectivity index (χ2n) is 6.09. The molecule has 1 N–H and O–H groups in total. The molecule has 0 aliphatic heterocycles. The van der Waals surface area contributed by atoms with Crippen LogP contribution in [0.4, 0.5) is 0 Å². The van der Waals surface area contributed by atoms with Crippen molar-refractivity contribution in [3.8, 4) is 0 Å². The summed E-state index contributed by atoms with van der Waals surface area (Å²) in [5, 5.41) is 9.04. The highest BCUT2D eigenvalue weighted by Crippen LogP contribution is 2.34. The Balaban J connectivity index is 1.65. The monoisotopic (exact) mass is 259 g/mol. The van der Waals surface area contributed by atoms with E-state index in [1.54, 1.807) is 6.07 Å².